The number of oxazole rings is 1. The maximum Gasteiger partial charge on any atom is 0.233 e. The van der Waals surface area contributed by atoms with Crippen LogP contribution in [-0.2, 0) is 0 Å². The Bertz CT molecular complexity index is 908. The fourth-order valence-electron chi connectivity index (χ4n) is 2.07. The van der Waals surface area contributed by atoms with Crippen LogP contribution in [0.1, 0.15) is 5.69 Å². The molecule has 6 heteroatoms. The molecule has 5 nitrogen and oxygen atoms in total. The fourth-order valence-corrected chi connectivity index (χ4v) is 2.07. The van der Waals surface area contributed by atoms with Crippen molar-refractivity contribution >= 4 is 22.8 Å². The quantitative estimate of drug-likeness (QED) is 0.394. The minimum atomic E-state index is 0. The average Bonchev–Trinajstić information content (AvgIpc) is 3.09. The Kier molecular flexibility index (Phi) is 3.25. The maximum absolute atomic E-state index is 5.73. The molecule has 0 aliphatic heterocycles. The molecule has 1 aromatic carbocycles. The Labute approximate surface area is 128 Å². The molecule has 3 heterocycles. The number of nitrogens with zero attached hydrogens (tertiary/aromatic N) is 4. The zero-order valence-electron chi connectivity index (χ0n) is 10.8. The van der Waals surface area contributed by atoms with E-state index in [1.165, 1.54) is 0 Å². The summed E-state index contributed by atoms with van der Waals surface area (Å²) in [7, 11) is 0. The number of aromatic nitrogens is 4. The van der Waals surface area contributed by atoms with E-state index in [4.69, 9.17) is 4.42 Å². The van der Waals surface area contributed by atoms with Crippen LogP contribution in [0.3, 0.4) is 0 Å². The van der Waals surface area contributed by atoms with Gasteiger partial charge in [-0.25, -0.2) is 14.5 Å². The van der Waals surface area contributed by atoms with Crippen LogP contribution in [-0.4, -0.2) is 19.6 Å². The van der Waals surface area contributed by atoms with Crippen molar-refractivity contribution in [1.29, 1.82) is 0 Å². The molecule has 103 valence electrons. The van der Waals surface area contributed by atoms with Crippen molar-refractivity contribution in [3.05, 3.63) is 54.9 Å². The molecule has 4 aromatic rings. The molecule has 0 bridgehead atoms. The van der Waals surface area contributed by atoms with Gasteiger partial charge in [0.1, 0.15) is 5.69 Å². The van der Waals surface area contributed by atoms with E-state index >= 15 is 0 Å². The van der Waals surface area contributed by atoms with Crippen molar-refractivity contribution in [2.24, 2.45) is 0 Å². The van der Waals surface area contributed by atoms with Gasteiger partial charge in [-0.05, 0) is 18.2 Å². The van der Waals surface area contributed by atoms with Gasteiger partial charge in [0.15, 0.2) is 5.65 Å². The first kappa shape index (κ1) is 13.4. The van der Waals surface area contributed by atoms with Crippen LogP contribution in [0.4, 0.5) is 0 Å². The van der Waals surface area contributed by atoms with Gasteiger partial charge in [-0.3, -0.25) is 0 Å². The Balaban J connectivity index is 0.00000132. The monoisotopic (exact) mass is 502 g/mol. The molecule has 0 fully saturated rings. The van der Waals surface area contributed by atoms with Crippen LogP contribution in [0, 0.1) is 20.3 Å². The molecule has 21 heavy (non-hydrogen) atoms. The SMILES string of the molecule is C=Cc1ccc2ncc(-c3nc4cc[c-]cc4o3)n2n1.[Am]. The predicted octanol–water partition coefficient (Wildman–Crippen LogP) is 2.98. The molecule has 0 saturated carbocycles. The minimum Gasteiger partial charge on any atom is -0.499 e. The summed E-state index contributed by atoms with van der Waals surface area (Å²) in [5.41, 5.74) is 3.69. The van der Waals surface area contributed by atoms with Crippen molar-refractivity contribution in [2.75, 3.05) is 0 Å². The van der Waals surface area contributed by atoms with E-state index in [1.807, 2.05) is 18.2 Å². The molecule has 0 amide bonds. The van der Waals surface area contributed by atoms with E-state index in [0.29, 0.717) is 17.2 Å². The summed E-state index contributed by atoms with van der Waals surface area (Å²) < 4.78 is 7.42. The Hall–Kier alpha value is -2.56. The second-order valence-electron chi connectivity index (χ2n) is 4.29. The summed E-state index contributed by atoms with van der Waals surface area (Å²) in [5, 5.41) is 4.43. The standard InChI is InChI=1S/C15H9N4O.Am/c1-2-10-7-8-14-16-9-12(19(14)18-10)15-17-11-5-3-4-6-13(11)20-15;/h2-3,5-9H,1H2;/q-1;. The van der Waals surface area contributed by atoms with Crippen LogP contribution in [0.2, 0.25) is 0 Å². The molecule has 0 spiro atoms. The number of hydrogen-bond donors (Lipinski definition) is 0. The Morgan fingerprint density at radius 1 is 1.29 bits per heavy atom. The zero-order valence-corrected chi connectivity index (χ0v) is 14.0. The van der Waals surface area contributed by atoms with Crippen molar-refractivity contribution < 1.29 is 18.7 Å². The molecule has 0 atom stereocenters. The summed E-state index contributed by atoms with van der Waals surface area (Å²) in [6.45, 7) is 3.72. The van der Waals surface area contributed by atoms with Gasteiger partial charge in [0.05, 0.1) is 11.9 Å². The van der Waals surface area contributed by atoms with E-state index in [9.17, 15) is 0 Å². The second kappa shape index (κ2) is 5.09. The molecular formula is C15H9AmN4O-. The first-order valence-corrected chi connectivity index (χ1v) is 6.09. The topological polar surface area (TPSA) is 56.2 Å². The van der Waals surface area contributed by atoms with E-state index in [0.717, 1.165) is 16.9 Å². The summed E-state index contributed by atoms with van der Waals surface area (Å²) in [5.74, 6) is 0.487. The van der Waals surface area contributed by atoms with Crippen LogP contribution in [0.5, 0.6) is 0 Å². The molecular weight excluding hydrogens is 495 g/mol. The second-order valence-corrected chi connectivity index (χ2v) is 4.29. The van der Waals surface area contributed by atoms with E-state index in [1.54, 1.807) is 28.9 Å². The summed E-state index contributed by atoms with van der Waals surface area (Å²) in [4.78, 5) is 8.75. The third-order valence-electron chi connectivity index (χ3n) is 3.04. The predicted molar refractivity (Wildman–Crippen MR) is 74.9 cm³/mol. The molecule has 0 N–H and O–H groups in total. The van der Waals surface area contributed by atoms with Gasteiger partial charge in [-0.1, -0.05) is 6.58 Å². The first-order valence-electron chi connectivity index (χ1n) is 6.09. The summed E-state index contributed by atoms with van der Waals surface area (Å²) in [6.07, 6.45) is 3.38. The Morgan fingerprint density at radius 2 is 2.19 bits per heavy atom. The smallest absolute Gasteiger partial charge is 0.233 e. The molecule has 0 aliphatic rings. The number of imidazole rings is 1. The van der Waals surface area contributed by atoms with Crippen molar-refractivity contribution in [2.45, 2.75) is 0 Å². The van der Waals surface area contributed by atoms with Crippen molar-refractivity contribution in [1.82, 2.24) is 19.6 Å². The Morgan fingerprint density at radius 3 is 3.00 bits per heavy atom. The van der Waals surface area contributed by atoms with Crippen LogP contribution in [0.15, 0.2) is 47.5 Å². The van der Waals surface area contributed by atoms with E-state index < -0.39 is 0 Å². The van der Waals surface area contributed by atoms with Gasteiger partial charge >= 0.3 is 0 Å². The molecule has 3 aromatic heterocycles. The molecule has 4 rings (SSSR count). The average molecular weight is 504 g/mol. The van der Waals surface area contributed by atoms with Gasteiger partial charge in [-0.15, -0.1) is 12.1 Å². The van der Waals surface area contributed by atoms with Crippen LogP contribution < -0.4 is 0 Å². The van der Waals surface area contributed by atoms with Crippen molar-refractivity contribution in [3.63, 3.8) is 0 Å². The van der Waals surface area contributed by atoms with E-state index in [-0.39, 0.29) is 14.3 Å². The third-order valence-corrected chi connectivity index (χ3v) is 3.04. The normalized spacial score (nSPS) is 10.7. The molecule has 1 radical (unpaired) electrons. The number of rotatable bonds is 2. The van der Waals surface area contributed by atoms with Crippen LogP contribution in [0.25, 0.3) is 34.4 Å². The summed E-state index contributed by atoms with van der Waals surface area (Å²) >= 11 is 0. The fraction of sp³-hybridized carbons (Fsp3) is 0. The number of benzene rings is 1. The van der Waals surface area contributed by atoms with Crippen LogP contribution >= 0.6 is 0 Å². The van der Waals surface area contributed by atoms with Crippen molar-refractivity contribution in [3.8, 4) is 11.6 Å². The number of hydrogen-bond acceptors (Lipinski definition) is 4. The van der Waals surface area contributed by atoms with Gasteiger partial charge in [0.25, 0.3) is 0 Å². The summed E-state index contributed by atoms with van der Waals surface area (Å²) in [6, 6.07) is 12.1. The third kappa shape index (κ3) is 2.11. The van der Waals surface area contributed by atoms with Gasteiger partial charge in [-0.2, -0.15) is 17.2 Å². The minimum absolute atomic E-state index is 0. The maximum atomic E-state index is 5.73. The van der Waals surface area contributed by atoms with Gasteiger partial charge < -0.3 is 4.42 Å². The first-order chi connectivity index (χ1) is 9.85. The van der Waals surface area contributed by atoms with Gasteiger partial charge in [0.2, 0.25) is 5.89 Å². The molecule has 0 saturated heterocycles. The molecule has 0 aliphatic carbocycles. The zero-order chi connectivity index (χ0) is 13.5. The van der Waals surface area contributed by atoms with E-state index in [2.05, 4.69) is 27.7 Å². The number of fused-ring (bicyclic) bond motifs is 2. The molecule has 0 unspecified atom stereocenters. The van der Waals surface area contributed by atoms with Gasteiger partial charge in [0, 0.05) is 25.4 Å². The largest absolute Gasteiger partial charge is 0.499 e.